The Morgan fingerprint density at radius 1 is 1.17 bits per heavy atom. The molecule has 30 heavy (non-hydrogen) atoms. The van der Waals surface area contributed by atoms with Crippen LogP contribution in [0.5, 0.6) is 5.75 Å². The molecule has 1 saturated heterocycles. The predicted molar refractivity (Wildman–Crippen MR) is 117 cm³/mol. The molecule has 3 amide bonds. The Hall–Kier alpha value is -3.17. The Kier molecular flexibility index (Phi) is 5.82. The number of anilines is 1. The predicted octanol–water partition coefficient (Wildman–Crippen LogP) is 3.59. The summed E-state index contributed by atoms with van der Waals surface area (Å²) in [5, 5.41) is 16.8. The fourth-order valence-corrected chi connectivity index (χ4v) is 4.70. The van der Waals surface area contributed by atoms with Crippen molar-refractivity contribution in [1.29, 1.82) is 0 Å². The second-order valence-corrected chi connectivity index (χ2v) is 8.71. The van der Waals surface area contributed by atoms with Crippen molar-refractivity contribution in [2.75, 3.05) is 5.32 Å². The number of aromatic hydroxyl groups is 1. The first kappa shape index (κ1) is 20.1. The van der Waals surface area contributed by atoms with Crippen LogP contribution in [-0.2, 0) is 22.4 Å². The van der Waals surface area contributed by atoms with Crippen LogP contribution in [0.3, 0.4) is 0 Å². The van der Waals surface area contributed by atoms with Gasteiger partial charge in [0, 0.05) is 10.9 Å². The summed E-state index contributed by atoms with van der Waals surface area (Å²) in [7, 11) is 0. The minimum atomic E-state index is -0.517. The number of carbonyl (C=O) groups is 3. The fourth-order valence-electron chi connectivity index (χ4n) is 3.01. The first-order valence-corrected chi connectivity index (χ1v) is 10.9. The van der Waals surface area contributed by atoms with Gasteiger partial charge in [0.05, 0.1) is 23.1 Å². The minimum Gasteiger partial charge on any atom is -0.506 e. The summed E-state index contributed by atoms with van der Waals surface area (Å²) in [5.41, 5.74) is 2.62. The van der Waals surface area contributed by atoms with Gasteiger partial charge in [0.15, 0.2) is 0 Å². The maximum Gasteiger partial charge on any atom is 0.286 e. The molecule has 2 heterocycles. The van der Waals surface area contributed by atoms with Crippen LogP contribution in [0.1, 0.15) is 11.3 Å². The van der Waals surface area contributed by atoms with E-state index in [0.29, 0.717) is 12.1 Å². The summed E-state index contributed by atoms with van der Waals surface area (Å²) >= 11 is 2.40. The van der Waals surface area contributed by atoms with E-state index in [1.54, 1.807) is 12.1 Å². The van der Waals surface area contributed by atoms with Gasteiger partial charge < -0.3 is 10.4 Å². The number of imide groups is 1. The maximum atomic E-state index is 12.5. The number of nitrogens with zero attached hydrogens (tertiary/aromatic N) is 1. The highest BCUT2D eigenvalue weighted by Gasteiger charge is 2.31. The van der Waals surface area contributed by atoms with Gasteiger partial charge in [-0.15, -0.1) is 11.3 Å². The monoisotopic (exact) mass is 439 g/mol. The molecule has 4 rings (SSSR count). The summed E-state index contributed by atoms with van der Waals surface area (Å²) in [4.78, 5) is 40.0. The van der Waals surface area contributed by atoms with Gasteiger partial charge in [0.25, 0.3) is 5.24 Å². The van der Waals surface area contributed by atoms with Crippen LogP contribution in [0.2, 0.25) is 0 Å². The van der Waals surface area contributed by atoms with E-state index in [4.69, 9.17) is 0 Å². The smallest absolute Gasteiger partial charge is 0.286 e. The lowest BCUT2D eigenvalue weighted by Crippen LogP contribution is -2.25. The van der Waals surface area contributed by atoms with Crippen molar-refractivity contribution in [3.63, 3.8) is 0 Å². The Balaban J connectivity index is 1.41. The van der Waals surface area contributed by atoms with Crippen molar-refractivity contribution in [3.05, 3.63) is 65.2 Å². The number of phenols is 1. The van der Waals surface area contributed by atoms with E-state index >= 15 is 0 Å². The Morgan fingerprint density at radius 3 is 2.70 bits per heavy atom. The van der Waals surface area contributed by atoms with Gasteiger partial charge in [-0.1, -0.05) is 48.2 Å². The van der Waals surface area contributed by atoms with Crippen LogP contribution in [0.25, 0.3) is 10.6 Å². The Labute approximate surface area is 180 Å². The van der Waals surface area contributed by atoms with E-state index in [1.807, 2.05) is 35.7 Å². The number of thiazole rings is 1. The minimum absolute atomic E-state index is 0.0718. The molecule has 1 aromatic heterocycles. The number of nitrogens with one attached hydrogen (secondary N) is 2. The van der Waals surface area contributed by atoms with Gasteiger partial charge in [-0.2, -0.15) is 0 Å². The van der Waals surface area contributed by atoms with Gasteiger partial charge in [-0.05, 0) is 24.1 Å². The number of carbonyl (C=O) groups excluding carboxylic acids is 3. The molecule has 152 valence electrons. The summed E-state index contributed by atoms with van der Waals surface area (Å²) < 4.78 is 0. The number of benzene rings is 2. The normalized spacial score (nSPS) is 15.8. The van der Waals surface area contributed by atoms with Crippen molar-refractivity contribution < 1.29 is 19.5 Å². The zero-order valence-corrected chi connectivity index (χ0v) is 17.3. The molecule has 1 unspecified atom stereocenters. The standard InChI is InChI=1S/C21H17N3O4S2/c25-16-7-6-12(9-17-19(27)24-21(28)30-17)8-15(16)23-18(26)10-14-11-29-20(22-14)13-4-2-1-3-5-13/h1-8,11,17,25H,9-10H2,(H,23,26)(H,24,27,28). The third-order valence-electron chi connectivity index (χ3n) is 4.44. The molecule has 0 aliphatic carbocycles. The second kappa shape index (κ2) is 8.68. The quantitative estimate of drug-likeness (QED) is 0.507. The lowest BCUT2D eigenvalue weighted by molar-refractivity contribution is -0.119. The molecule has 2 aromatic carbocycles. The number of hydrogen-bond acceptors (Lipinski definition) is 7. The van der Waals surface area contributed by atoms with E-state index in [1.165, 1.54) is 17.4 Å². The molecule has 9 heteroatoms. The lowest BCUT2D eigenvalue weighted by Gasteiger charge is -2.10. The molecule has 1 fully saturated rings. The maximum absolute atomic E-state index is 12.5. The third-order valence-corrected chi connectivity index (χ3v) is 6.36. The molecule has 3 aromatic rings. The number of amides is 3. The van der Waals surface area contributed by atoms with Crippen LogP contribution in [-0.4, -0.2) is 32.4 Å². The molecule has 0 radical (unpaired) electrons. The van der Waals surface area contributed by atoms with Crippen LogP contribution >= 0.6 is 23.1 Å². The second-order valence-electron chi connectivity index (χ2n) is 6.67. The zero-order valence-electron chi connectivity index (χ0n) is 15.6. The van der Waals surface area contributed by atoms with Crippen LogP contribution < -0.4 is 10.6 Å². The van der Waals surface area contributed by atoms with Gasteiger partial charge >= 0.3 is 0 Å². The summed E-state index contributed by atoms with van der Waals surface area (Å²) in [6.07, 6.45) is 0.389. The van der Waals surface area contributed by atoms with Gasteiger partial charge in [-0.25, -0.2) is 4.98 Å². The molecular weight excluding hydrogens is 422 g/mol. The summed E-state index contributed by atoms with van der Waals surface area (Å²) in [5.74, 6) is -0.716. The van der Waals surface area contributed by atoms with E-state index in [-0.39, 0.29) is 34.9 Å². The summed E-state index contributed by atoms with van der Waals surface area (Å²) in [6, 6.07) is 14.5. The highest BCUT2D eigenvalue weighted by atomic mass is 32.2. The molecule has 1 aliphatic heterocycles. The van der Waals surface area contributed by atoms with Gasteiger partial charge in [-0.3, -0.25) is 19.7 Å². The van der Waals surface area contributed by atoms with Gasteiger partial charge in [0.2, 0.25) is 11.8 Å². The lowest BCUT2D eigenvalue weighted by atomic mass is 10.1. The number of rotatable bonds is 6. The first-order valence-electron chi connectivity index (χ1n) is 9.11. The molecule has 7 nitrogen and oxygen atoms in total. The average molecular weight is 440 g/mol. The fraction of sp³-hybridized carbons (Fsp3) is 0.143. The SMILES string of the molecule is O=C(Cc1csc(-c2ccccc2)n1)Nc1cc(CC2SC(=O)NC2=O)ccc1O. The first-order chi connectivity index (χ1) is 14.5. The van der Waals surface area contributed by atoms with E-state index < -0.39 is 5.25 Å². The number of hydrogen-bond donors (Lipinski definition) is 3. The van der Waals surface area contributed by atoms with Crippen molar-refractivity contribution >= 4 is 45.8 Å². The molecule has 0 bridgehead atoms. The van der Waals surface area contributed by atoms with Crippen molar-refractivity contribution in [2.24, 2.45) is 0 Å². The number of thioether (sulfide) groups is 1. The number of aromatic nitrogens is 1. The topological polar surface area (TPSA) is 108 Å². The third kappa shape index (κ3) is 4.69. The molecule has 0 saturated carbocycles. The highest BCUT2D eigenvalue weighted by Crippen LogP contribution is 2.29. The molecule has 3 N–H and O–H groups in total. The molecule has 0 spiro atoms. The Morgan fingerprint density at radius 2 is 1.97 bits per heavy atom. The Bertz CT molecular complexity index is 1110. The largest absolute Gasteiger partial charge is 0.506 e. The highest BCUT2D eigenvalue weighted by molar-refractivity contribution is 8.15. The zero-order chi connectivity index (χ0) is 21.1. The van der Waals surface area contributed by atoms with Crippen molar-refractivity contribution in [3.8, 4) is 16.3 Å². The average Bonchev–Trinajstić information content (AvgIpc) is 3.31. The van der Waals surface area contributed by atoms with Crippen LogP contribution in [0.4, 0.5) is 10.5 Å². The van der Waals surface area contributed by atoms with Crippen LogP contribution in [0.15, 0.2) is 53.9 Å². The number of phenolic OH excluding ortho intramolecular Hbond substituents is 1. The molecular formula is C21H17N3O4S2. The summed E-state index contributed by atoms with van der Waals surface area (Å²) in [6.45, 7) is 0. The van der Waals surface area contributed by atoms with Crippen molar-refractivity contribution in [2.45, 2.75) is 18.1 Å². The van der Waals surface area contributed by atoms with E-state index in [9.17, 15) is 19.5 Å². The van der Waals surface area contributed by atoms with Gasteiger partial charge in [0.1, 0.15) is 10.8 Å². The van der Waals surface area contributed by atoms with Crippen LogP contribution in [0, 0.1) is 0 Å². The molecule has 1 atom stereocenters. The van der Waals surface area contributed by atoms with Crippen molar-refractivity contribution in [1.82, 2.24) is 10.3 Å². The van der Waals surface area contributed by atoms with E-state index in [0.717, 1.165) is 27.9 Å². The van der Waals surface area contributed by atoms with E-state index in [2.05, 4.69) is 15.6 Å². The molecule has 1 aliphatic rings.